The van der Waals surface area contributed by atoms with Crippen molar-refractivity contribution >= 4 is 33.7 Å². The van der Waals surface area contributed by atoms with Crippen molar-refractivity contribution in [1.29, 1.82) is 0 Å². The van der Waals surface area contributed by atoms with Crippen LogP contribution in [-0.2, 0) is 26.2 Å². The molecular weight excluding hydrogens is 552 g/mol. The van der Waals surface area contributed by atoms with Gasteiger partial charge in [0.2, 0.25) is 0 Å². The Morgan fingerprint density at radius 2 is 1.43 bits per heavy atom. The summed E-state index contributed by atoms with van der Waals surface area (Å²) in [6.45, 7) is 3.60. The molecule has 9 nitrogen and oxygen atoms in total. The lowest BCUT2D eigenvalue weighted by Crippen LogP contribution is -2.39. The lowest BCUT2D eigenvalue weighted by atomic mass is 10.2. The van der Waals surface area contributed by atoms with Crippen molar-refractivity contribution in [2.75, 3.05) is 17.5 Å². The number of carbonyl (C=O) groups excluding carboxylic acids is 2. The molecule has 0 aromatic heterocycles. The number of benzene rings is 4. The molecule has 0 bridgehead atoms. The molecule has 2 N–H and O–H groups in total. The molecule has 4 rings (SSSR count). The van der Waals surface area contributed by atoms with Crippen LogP contribution in [0.2, 0.25) is 0 Å². The van der Waals surface area contributed by atoms with E-state index in [2.05, 4.69) is 15.8 Å². The molecular formula is C32H32N4O5S. The third-order valence-corrected chi connectivity index (χ3v) is 7.99. The zero-order valence-electron chi connectivity index (χ0n) is 23.4. The summed E-state index contributed by atoms with van der Waals surface area (Å²) in [6.07, 6.45) is 1.43. The second kappa shape index (κ2) is 14.1. The van der Waals surface area contributed by atoms with Crippen molar-refractivity contribution in [2.45, 2.75) is 25.3 Å². The second-order valence-corrected chi connectivity index (χ2v) is 11.4. The molecule has 0 radical (unpaired) electrons. The third kappa shape index (κ3) is 8.52. The first-order chi connectivity index (χ1) is 20.2. The monoisotopic (exact) mass is 584 g/mol. The smallest absolute Gasteiger partial charge is 0.264 e. The number of hydrogen-bond donors (Lipinski definition) is 2. The average molecular weight is 585 g/mol. The number of hydrogen-bond acceptors (Lipinski definition) is 6. The predicted octanol–water partition coefficient (Wildman–Crippen LogP) is 4.34. The van der Waals surface area contributed by atoms with Crippen LogP contribution in [0.3, 0.4) is 0 Å². The highest BCUT2D eigenvalue weighted by molar-refractivity contribution is 7.92. The second-order valence-electron chi connectivity index (χ2n) is 9.57. The van der Waals surface area contributed by atoms with Crippen molar-refractivity contribution in [2.24, 2.45) is 5.10 Å². The van der Waals surface area contributed by atoms with E-state index in [-0.39, 0.29) is 17.4 Å². The van der Waals surface area contributed by atoms with Crippen molar-refractivity contribution in [3.05, 3.63) is 125 Å². The van der Waals surface area contributed by atoms with Gasteiger partial charge in [0, 0.05) is 6.54 Å². The third-order valence-electron chi connectivity index (χ3n) is 6.20. The highest BCUT2D eigenvalue weighted by Gasteiger charge is 2.27. The van der Waals surface area contributed by atoms with Crippen LogP contribution in [0.4, 0.5) is 5.69 Å². The molecule has 4 aromatic rings. The van der Waals surface area contributed by atoms with Gasteiger partial charge in [0.05, 0.1) is 16.8 Å². The first kappa shape index (κ1) is 30.0. The van der Waals surface area contributed by atoms with Crippen LogP contribution in [-0.4, -0.2) is 39.6 Å². The van der Waals surface area contributed by atoms with Gasteiger partial charge in [-0.2, -0.15) is 5.10 Å². The van der Waals surface area contributed by atoms with Crippen molar-refractivity contribution < 1.29 is 22.7 Å². The highest BCUT2D eigenvalue weighted by Crippen LogP contribution is 2.24. The van der Waals surface area contributed by atoms with Gasteiger partial charge in [-0.3, -0.25) is 13.9 Å². The molecule has 0 saturated carbocycles. The molecule has 10 heteroatoms. The number of sulfonamides is 1. The Morgan fingerprint density at radius 3 is 2.07 bits per heavy atom. The van der Waals surface area contributed by atoms with E-state index in [1.54, 1.807) is 60.7 Å². The van der Waals surface area contributed by atoms with Crippen LogP contribution in [0.25, 0.3) is 0 Å². The van der Waals surface area contributed by atoms with Gasteiger partial charge < -0.3 is 10.1 Å². The normalized spacial score (nSPS) is 11.2. The first-order valence-electron chi connectivity index (χ1n) is 13.2. The fraction of sp³-hybridized carbons (Fsp3) is 0.156. The van der Waals surface area contributed by atoms with Gasteiger partial charge in [-0.1, -0.05) is 65.7 Å². The van der Waals surface area contributed by atoms with Crippen LogP contribution < -0.4 is 19.8 Å². The summed E-state index contributed by atoms with van der Waals surface area (Å²) in [7, 11) is -4.01. The van der Waals surface area contributed by atoms with Crippen molar-refractivity contribution in [1.82, 2.24) is 10.7 Å². The van der Waals surface area contributed by atoms with Gasteiger partial charge in [0.1, 0.15) is 12.3 Å². The maximum Gasteiger partial charge on any atom is 0.264 e. The Kier molecular flexibility index (Phi) is 10.1. The molecule has 0 unspecified atom stereocenters. The van der Waals surface area contributed by atoms with Crippen LogP contribution in [0.5, 0.6) is 5.75 Å². The highest BCUT2D eigenvalue weighted by atomic mass is 32.2. The summed E-state index contributed by atoms with van der Waals surface area (Å²) < 4.78 is 33.5. The number of ether oxygens (including phenoxy) is 1. The van der Waals surface area contributed by atoms with E-state index < -0.39 is 22.5 Å². The zero-order chi connectivity index (χ0) is 30.0. The molecule has 4 aromatic carbocycles. The van der Waals surface area contributed by atoms with Crippen molar-refractivity contribution in [3.63, 3.8) is 0 Å². The maximum atomic E-state index is 13.5. The average Bonchev–Trinajstić information content (AvgIpc) is 2.99. The minimum Gasteiger partial charge on any atom is -0.484 e. The minimum absolute atomic E-state index is 0.0842. The molecule has 216 valence electrons. The number of aryl methyl sites for hydroxylation is 2. The summed E-state index contributed by atoms with van der Waals surface area (Å²) in [4.78, 5) is 24.9. The first-order valence-corrected chi connectivity index (χ1v) is 14.7. The summed E-state index contributed by atoms with van der Waals surface area (Å²) in [5, 5.41) is 6.77. The van der Waals surface area contributed by atoms with Crippen molar-refractivity contribution in [3.8, 4) is 5.75 Å². The molecule has 42 heavy (non-hydrogen) atoms. The fourth-order valence-corrected chi connectivity index (χ4v) is 5.28. The molecule has 0 atom stereocenters. The van der Waals surface area contributed by atoms with Crippen LogP contribution >= 0.6 is 0 Å². The SMILES string of the molecule is Cc1ccc(N(CC(=O)N/N=C\c2ccc(OCC(=O)NCc3ccccc3)cc2)S(=O)(=O)c2ccc(C)cc2)cc1. The molecule has 0 aliphatic rings. The Balaban J connectivity index is 1.32. The summed E-state index contributed by atoms with van der Waals surface area (Å²) in [6, 6.07) is 29.7. The predicted molar refractivity (Wildman–Crippen MR) is 163 cm³/mol. The van der Waals surface area contributed by atoms with Gasteiger partial charge in [0.25, 0.3) is 21.8 Å². The van der Waals surface area contributed by atoms with E-state index in [0.29, 0.717) is 23.5 Å². The van der Waals surface area contributed by atoms with Gasteiger partial charge in [0.15, 0.2) is 6.61 Å². The van der Waals surface area contributed by atoms with E-state index in [9.17, 15) is 18.0 Å². The molecule has 0 aliphatic carbocycles. The molecule has 0 saturated heterocycles. The Hall–Kier alpha value is -4.96. The Labute approximate surface area is 245 Å². The number of carbonyl (C=O) groups is 2. The lowest BCUT2D eigenvalue weighted by Gasteiger charge is -2.24. The number of hydrazone groups is 1. The molecule has 0 fully saturated rings. The molecule has 0 heterocycles. The summed E-state index contributed by atoms with van der Waals surface area (Å²) in [5.41, 5.74) is 6.31. The van der Waals surface area contributed by atoms with Crippen LogP contribution in [0.1, 0.15) is 22.3 Å². The summed E-state index contributed by atoms with van der Waals surface area (Å²) >= 11 is 0. The van der Waals surface area contributed by atoms with Gasteiger partial charge in [-0.15, -0.1) is 0 Å². The number of nitrogens with one attached hydrogen (secondary N) is 2. The lowest BCUT2D eigenvalue weighted by molar-refractivity contribution is -0.123. The van der Waals surface area contributed by atoms with Gasteiger partial charge in [-0.25, -0.2) is 13.8 Å². The molecule has 0 aliphatic heterocycles. The number of rotatable bonds is 12. The van der Waals surface area contributed by atoms with Crippen LogP contribution in [0.15, 0.2) is 113 Å². The molecule has 2 amide bonds. The quantitative estimate of drug-likeness (QED) is 0.190. The summed E-state index contributed by atoms with van der Waals surface area (Å²) in [5.74, 6) is -0.346. The van der Waals surface area contributed by atoms with E-state index in [4.69, 9.17) is 4.74 Å². The number of amides is 2. The topological polar surface area (TPSA) is 117 Å². The van der Waals surface area contributed by atoms with E-state index in [1.807, 2.05) is 44.2 Å². The maximum absolute atomic E-state index is 13.5. The Bertz CT molecular complexity index is 1620. The van der Waals surface area contributed by atoms with E-state index in [1.165, 1.54) is 18.3 Å². The van der Waals surface area contributed by atoms with Gasteiger partial charge in [-0.05, 0) is 73.5 Å². The number of anilines is 1. The minimum atomic E-state index is -4.01. The van der Waals surface area contributed by atoms with E-state index >= 15 is 0 Å². The van der Waals surface area contributed by atoms with E-state index in [0.717, 1.165) is 21.0 Å². The largest absolute Gasteiger partial charge is 0.484 e. The Morgan fingerprint density at radius 1 is 0.810 bits per heavy atom. The standard InChI is InChI=1S/C32H32N4O5S/c1-24-8-14-28(15-9-24)36(42(39,40)30-18-10-25(2)11-19-30)22-31(37)35-34-21-27-12-16-29(17-13-27)41-23-32(38)33-20-26-6-4-3-5-7-26/h3-19,21H,20,22-23H2,1-2H3,(H,33,38)(H,35,37)/b34-21-. The zero-order valence-corrected chi connectivity index (χ0v) is 24.2. The molecule has 0 spiro atoms. The van der Waals surface area contributed by atoms with Crippen LogP contribution in [0, 0.1) is 13.8 Å². The number of nitrogens with zero attached hydrogens (tertiary/aromatic N) is 2. The van der Waals surface area contributed by atoms with Gasteiger partial charge >= 0.3 is 0 Å². The fourth-order valence-electron chi connectivity index (χ4n) is 3.85.